The Bertz CT molecular complexity index is 826. The lowest BCUT2D eigenvalue weighted by molar-refractivity contribution is 0.0908. The SMILES string of the molecule is COc1cccc2c1OC[C@@H](NC(=O)c1cc(=O)[nH]c(=O)[nH]1)C2. The zero-order valence-electron chi connectivity index (χ0n) is 12.3. The molecule has 1 atom stereocenters. The number of para-hydroxylation sites is 1. The number of H-pyrrole nitrogens is 2. The molecule has 3 N–H and O–H groups in total. The Labute approximate surface area is 130 Å². The number of nitrogens with one attached hydrogen (secondary N) is 3. The third kappa shape index (κ3) is 3.10. The van der Waals surface area contributed by atoms with Crippen LogP contribution in [-0.2, 0) is 6.42 Å². The second kappa shape index (κ2) is 5.99. The molecule has 0 bridgehead atoms. The fraction of sp³-hybridized carbons (Fsp3) is 0.267. The lowest BCUT2D eigenvalue weighted by Crippen LogP contribution is -2.43. The first-order valence-electron chi connectivity index (χ1n) is 7.00. The average Bonchev–Trinajstić information content (AvgIpc) is 2.53. The number of amides is 1. The number of hydrogen-bond acceptors (Lipinski definition) is 5. The average molecular weight is 317 g/mol. The van der Waals surface area contributed by atoms with Gasteiger partial charge in [-0.1, -0.05) is 12.1 Å². The molecule has 1 amide bonds. The minimum absolute atomic E-state index is 0.0878. The first-order chi connectivity index (χ1) is 11.1. The van der Waals surface area contributed by atoms with Crippen molar-refractivity contribution in [2.75, 3.05) is 13.7 Å². The Morgan fingerprint density at radius 3 is 2.91 bits per heavy atom. The highest BCUT2D eigenvalue weighted by molar-refractivity contribution is 5.92. The zero-order chi connectivity index (χ0) is 16.4. The van der Waals surface area contributed by atoms with Gasteiger partial charge in [-0.15, -0.1) is 0 Å². The summed E-state index contributed by atoms with van der Waals surface area (Å²) in [6.45, 7) is 0.270. The van der Waals surface area contributed by atoms with E-state index in [2.05, 4.69) is 10.3 Å². The maximum absolute atomic E-state index is 12.1. The van der Waals surface area contributed by atoms with E-state index in [9.17, 15) is 14.4 Å². The number of hydrogen-bond donors (Lipinski definition) is 3. The summed E-state index contributed by atoms with van der Waals surface area (Å²) in [6.07, 6.45) is 0.561. The normalized spacial score (nSPS) is 16.1. The van der Waals surface area contributed by atoms with Crippen molar-refractivity contribution in [3.05, 3.63) is 56.4 Å². The molecule has 2 aromatic rings. The van der Waals surface area contributed by atoms with E-state index in [4.69, 9.17) is 9.47 Å². The highest BCUT2D eigenvalue weighted by Gasteiger charge is 2.24. The molecule has 0 spiro atoms. The lowest BCUT2D eigenvalue weighted by atomic mass is 10.0. The van der Waals surface area contributed by atoms with Gasteiger partial charge in [0.05, 0.1) is 13.2 Å². The Hall–Kier alpha value is -3.03. The number of methoxy groups -OCH3 is 1. The number of aromatic amines is 2. The summed E-state index contributed by atoms with van der Waals surface area (Å²) >= 11 is 0. The molecule has 0 unspecified atom stereocenters. The molecule has 1 aliphatic heterocycles. The fourth-order valence-electron chi connectivity index (χ4n) is 2.50. The third-order valence-corrected chi connectivity index (χ3v) is 3.52. The van der Waals surface area contributed by atoms with E-state index in [0.29, 0.717) is 17.9 Å². The van der Waals surface area contributed by atoms with Gasteiger partial charge in [0.1, 0.15) is 12.3 Å². The highest BCUT2D eigenvalue weighted by atomic mass is 16.5. The molecule has 0 saturated carbocycles. The largest absolute Gasteiger partial charge is 0.493 e. The van der Waals surface area contributed by atoms with E-state index in [1.54, 1.807) is 13.2 Å². The molecule has 1 aromatic heterocycles. The predicted octanol–water partition coefficient (Wildman–Crippen LogP) is -0.195. The van der Waals surface area contributed by atoms with E-state index in [-0.39, 0.29) is 18.3 Å². The molecule has 23 heavy (non-hydrogen) atoms. The lowest BCUT2D eigenvalue weighted by Gasteiger charge is -2.27. The van der Waals surface area contributed by atoms with Crippen molar-refractivity contribution in [1.82, 2.24) is 15.3 Å². The monoisotopic (exact) mass is 317 g/mol. The summed E-state index contributed by atoms with van der Waals surface area (Å²) in [7, 11) is 1.57. The van der Waals surface area contributed by atoms with Crippen LogP contribution in [0.1, 0.15) is 16.1 Å². The van der Waals surface area contributed by atoms with Crippen LogP contribution in [0.25, 0.3) is 0 Å². The summed E-state index contributed by atoms with van der Waals surface area (Å²) in [6, 6.07) is 6.31. The van der Waals surface area contributed by atoms with Gasteiger partial charge in [-0.2, -0.15) is 0 Å². The maximum Gasteiger partial charge on any atom is 0.326 e. The van der Waals surface area contributed by atoms with Crippen LogP contribution in [0.5, 0.6) is 11.5 Å². The molecule has 0 aliphatic carbocycles. The van der Waals surface area contributed by atoms with Crippen LogP contribution in [0.2, 0.25) is 0 Å². The van der Waals surface area contributed by atoms with Gasteiger partial charge in [-0.25, -0.2) is 4.79 Å². The molecule has 2 heterocycles. The van der Waals surface area contributed by atoms with Crippen LogP contribution in [0.15, 0.2) is 33.9 Å². The molecule has 8 nitrogen and oxygen atoms in total. The Kier molecular flexibility index (Phi) is 3.88. The van der Waals surface area contributed by atoms with Crippen LogP contribution in [0.3, 0.4) is 0 Å². The highest BCUT2D eigenvalue weighted by Crippen LogP contribution is 2.34. The minimum atomic E-state index is -0.724. The summed E-state index contributed by atoms with van der Waals surface area (Å²) < 4.78 is 10.9. The number of carbonyl (C=O) groups excluding carboxylic acids is 1. The van der Waals surface area contributed by atoms with Crippen LogP contribution in [0, 0.1) is 0 Å². The fourth-order valence-corrected chi connectivity index (χ4v) is 2.50. The second-order valence-corrected chi connectivity index (χ2v) is 5.14. The van der Waals surface area contributed by atoms with Crippen LogP contribution < -0.4 is 26.0 Å². The van der Waals surface area contributed by atoms with E-state index in [0.717, 1.165) is 11.6 Å². The maximum atomic E-state index is 12.1. The van der Waals surface area contributed by atoms with Gasteiger partial charge in [-0.05, 0) is 12.5 Å². The molecule has 3 rings (SSSR count). The Morgan fingerprint density at radius 2 is 2.17 bits per heavy atom. The van der Waals surface area contributed by atoms with Crippen molar-refractivity contribution in [3.8, 4) is 11.5 Å². The molecule has 1 aliphatic rings. The standard InChI is InChI=1S/C15H15N3O5/c1-22-11-4-2-3-8-5-9(7-23-13(8)11)16-14(20)10-6-12(19)18-15(21)17-10/h2-4,6,9H,5,7H2,1H3,(H,16,20)(H2,17,18,19,21)/t9-/m0/s1. The molecule has 0 fully saturated rings. The van der Waals surface area contributed by atoms with Crippen molar-refractivity contribution in [2.24, 2.45) is 0 Å². The van der Waals surface area contributed by atoms with E-state index < -0.39 is 17.2 Å². The summed E-state index contributed by atoms with van der Waals surface area (Å²) in [5, 5.41) is 2.74. The van der Waals surface area contributed by atoms with Gasteiger partial charge in [0.25, 0.3) is 11.5 Å². The number of fused-ring (bicyclic) bond motifs is 1. The van der Waals surface area contributed by atoms with Gasteiger partial charge in [0.15, 0.2) is 11.5 Å². The van der Waals surface area contributed by atoms with Gasteiger partial charge < -0.3 is 19.8 Å². The van der Waals surface area contributed by atoms with Gasteiger partial charge in [-0.3, -0.25) is 14.6 Å². The minimum Gasteiger partial charge on any atom is -0.493 e. The Balaban J connectivity index is 1.76. The van der Waals surface area contributed by atoms with E-state index in [1.165, 1.54) is 0 Å². The molecule has 0 radical (unpaired) electrons. The van der Waals surface area contributed by atoms with Crippen molar-refractivity contribution in [3.63, 3.8) is 0 Å². The predicted molar refractivity (Wildman–Crippen MR) is 81.1 cm³/mol. The number of ether oxygens (including phenoxy) is 2. The smallest absolute Gasteiger partial charge is 0.326 e. The summed E-state index contributed by atoms with van der Waals surface area (Å²) in [5.41, 5.74) is -0.526. The zero-order valence-corrected chi connectivity index (χ0v) is 12.3. The first kappa shape index (κ1) is 14.9. The molecular formula is C15H15N3O5. The number of rotatable bonds is 3. The summed E-state index contributed by atoms with van der Waals surface area (Å²) in [4.78, 5) is 38.9. The van der Waals surface area contributed by atoms with Crippen molar-refractivity contribution in [1.29, 1.82) is 0 Å². The van der Waals surface area contributed by atoms with Crippen molar-refractivity contribution < 1.29 is 14.3 Å². The number of aromatic nitrogens is 2. The van der Waals surface area contributed by atoms with E-state index in [1.807, 2.05) is 17.1 Å². The molecule has 8 heteroatoms. The van der Waals surface area contributed by atoms with Crippen LogP contribution >= 0.6 is 0 Å². The second-order valence-electron chi connectivity index (χ2n) is 5.14. The molecule has 1 aromatic carbocycles. The van der Waals surface area contributed by atoms with Crippen LogP contribution in [-0.4, -0.2) is 35.6 Å². The van der Waals surface area contributed by atoms with Crippen molar-refractivity contribution in [2.45, 2.75) is 12.5 Å². The topological polar surface area (TPSA) is 113 Å². The number of benzene rings is 1. The molecule has 0 saturated heterocycles. The first-order valence-corrected chi connectivity index (χ1v) is 7.00. The Morgan fingerprint density at radius 1 is 1.35 bits per heavy atom. The third-order valence-electron chi connectivity index (χ3n) is 3.52. The summed E-state index contributed by atoms with van der Waals surface area (Å²) in [5.74, 6) is 0.782. The quantitative estimate of drug-likeness (QED) is 0.726. The van der Waals surface area contributed by atoms with E-state index >= 15 is 0 Å². The molecule has 120 valence electrons. The van der Waals surface area contributed by atoms with Crippen LogP contribution in [0.4, 0.5) is 0 Å². The van der Waals surface area contributed by atoms with Gasteiger partial charge in [0, 0.05) is 11.6 Å². The van der Waals surface area contributed by atoms with Crippen molar-refractivity contribution >= 4 is 5.91 Å². The van der Waals surface area contributed by atoms with Gasteiger partial charge in [0.2, 0.25) is 0 Å². The molecular weight excluding hydrogens is 302 g/mol. The van der Waals surface area contributed by atoms with Gasteiger partial charge >= 0.3 is 5.69 Å². The number of carbonyl (C=O) groups is 1.